The van der Waals surface area contributed by atoms with Crippen molar-refractivity contribution in [3.8, 4) is 0 Å². The van der Waals surface area contributed by atoms with Crippen LogP contribution < -0.4 is 5.32 Å². The predicted octanol–water partition coefficient (Wildman–Crippen LogP) is 1.94. The fourth-order valence-corrected chi connectivity index (χ4v) is 4.29. The van der Waals surface area contributed by atoms with Gasteiger partial charge in [-0.15, -0.1) is 0 Å². The lowest BCUT2D eigenvalue weighted by Gasteiger charge is -2.43. The van der Waals surface area contributed by atoms with E-state index in [9.17, 15) is 4.79 Å². The number of urea groups is 1. The minimum Gasteiger partial charge on any atom is -0.384 e. The zero-order valence-corrected chi connectivity index (χ0v) is 16.1. The summed E-state index contributed by atoms with van der Waals surface area (Å²) in [5, 5.41) is 3.71. The lowest BCUT2D eigenvalue weighted by molar-refractivity contribution is 0.0173. The molecule has 0 spiro atoms. The molecule has 6 nitrogen and oxygen atoms in total. The standard InChI is InChI=1S/C19H35N3O3/c1-15-12-17(15)20-13-19(14-24-2)6-10-22(11-7-19)18(23)21-8-4-16(25-3)5-9-21/h15-17,20H,4-14H2,1-3H3/t15-,17-/m1/s1. The van der Waals surface area contributed by atoms with E-state index in [1.165, 1.54) is 6.42 Å². The molecule has 1 N–H and O–H groups in total. The van der Waals surface area contributed by atoms with Crippen molar-refractivity contribution in [2.75, 3.05) is 53.6 Å². The Morgan fingerprint density at radius 3 is 2.24 bits per heavy atom. The van der Waals surface area contributed by atoms with Crippen molar-refractivity contribution in [1.29, 1.82) is 0 Å². The van der Waals surface area contributed by atoms with E-state index in [1.807, 2.05) is 9.80 Å². The number of carbonyl (C=O) groups excluding carboxylic acids is 1. The molecule has 0 aromatic heterocycles. The third-order valence-corrected chi connectivity index (χ3v) is 6.44. The first-order chi connectivity index (χ1) is 12.1. The van der Waals surface area contributed by atoms with Gasteiger partial charge in [-0.25, -0.2) is 4.79 Å². The Balaban J connectivity index is 1.48. The van der Waals surface area contributed by atoms with Crippen LogP contribution in [0.15, 0.2) is 0 Å². The molecule has 2 aliphatic heterocycles. The number of hydrogen-bond acceptors (Lipinski definition) is 4. The number of nitrogens with zero attached hydrogens (tertiary/aromatic N) is 2. The Kier molecular flexibility index (Phi) is 6.23. The summed E-state index contributed by atoms with van der Waals surface area (Å²) >= 11 is 0. The number of carbonyl (C=O) groups is 1. The van der Waals surface area contributed by atoms with Crippen LogP contribution in [0, 0.1) is 11.3 Å². The molecule has 0 unspecified atom stereocenters. The van der Waals surface area contributed by atoms with Crippen molar-refractivity contribution in [2.45, 2.75) is 51.2 Å². The molecule has 0 aromatic rings. The minimum absolute atomic E-state index is 0.177. The number of methoxy groups -OCH3 is 2. The van der Waals surface area contributed by atoms with E-state index in [1.54, 1.807) is 14.2 Å². The van der Waals surface area contributed by atoms with Crippen LogP contribution in [0.1, 0.15) is 39.0 Å². The van der Waals surface area contributed by atoms with Gasteiger partial charge in [0.1, 0.15) is 0 Å². The highest BCUT2D eigenvalue weighted by atomic mass is 16.5. The highest BCUT2D eigenvalue weighted by Crippen LogP contribution is 2.35. The molecule has 1 aliphatic carbocycles. The Hall–Kier alpha value is -0.850. The van der Waals surface area contributed by atoms with Crippen molar-refractivity contribution >= 4 is 6.03 Å². The Bertz CT molecular complexity index is 443. The summed E-state index contributed by atoms with van der Waals surface area (Å²) < 4.78 is 10.9. The van der Waals surface area contributed by atoms with E-state index in [0.29, 0.717) is 12.1 Å². The Morgan fingerprint density at radius 2 is 1.72 bits per heavy atom. The van der Waals surface area contributed by atoms with E-state index >= 15 is 0 Å². The largest absolute Gasteiger partial charge is 0.384 e. The highest BCUT2D eigenvalue weighted by Gasteiger charge is 2.40. The number of likely N-dealkylation sites (tertiary alicyclic amines) is 2. The lowest BCUT2D eigenvalue weighted by Crippen LogP contribution is -2.54. The smallest absolute Gasteiger partial charge is 0.320 e. The molecule has 3 fully saturated rings. The molecule has 25 heavy (non-hydrogen) atoms. The van der Waals surface area contributed by atoms with Crippen LogP contribution >= 0.6 is 0 Å². The van der Waals surface area contributed by atoms with Gasteiger partial charge in [0.2, 0.25) is 0 Å². The summed E-state index contributed by atoms with van der Waals surface area (Å²) in [6.07, 6.45) is 5.56. The number of amides is 2. The van der Waals surface area contributed by atoms with Crippen LogP contribution in [0.5, 0.6) is 0 Å². The van der Waals surface area contributed by atoms with Crippen molar-refractivity contribution < 1.29 is 14.3 Å². The molecule has 2 saturated heterocycles. The SMILES string of the molecule is COCC1(CN[C@@H]2C[C@H]2C)CCN(C(=O)N2CCC(OC)CC2)CC1. The Morgan fingerprint density at radius 1 is 1.12 bits per heavy atom. The number of ether oxygens (including phenoxy) is 2. The van der Waals surface area contributed by atoms with Gasteiger partial charge in [-0.3, -0.25) is 0 Å². The lowest BCUT2D eigenvalue weighted by atomic mass is 9.79. The predicted molar refractivity (Wildman–Crippen MR) is 97.7 cm³/mol. The van der Waals surface area contributed by atoms with Crippen molar-refractivity contribution in [3.63, 3.8) is 0 Å². The summed E-state index contributed by atoms with van der Waals surface area (Å²) in [5.41, 5.74) is 0.177. The van der Waals surface area contributed by atoms with Crippen molar-refractivity contribution in [3.05, 3.63) is 0 Å². The highest BCUT2D eigenvalue weighted by molar-refractivity contribution is 5.74. The van der Waals surface area contributed by atoms with Gasteiger partial charge in [0.05, 0.1) is 12.7 Å². The topological polar surface area (TPSA) is 54.0 Å². The minimum atomic E-state index is 0.177. The van der Waals surface area contributed by atoms with Crippen molar-refractivity contribution in [2.24, 2.45) is 11.3 Å². The van der Waals surface area contributed by atoms with Gasteiger partial charge in [-0.05, 0) is 38.0 Å². The zero-order chi connectivity index (χ0) is 17.9. The molecule has 2 atom stereocenters. The van der Waals surface area contributed by atoms with E-state index < -0.39 is 0 Å². The number of piperidine rings is 2. The molecule has 1 saturated carbocycles. The van der Waals surface area contributed by atoms with Gasteiger partial charge < -0.3 is 24.6 Å². The fourth-order valence-electron chi connectivity index (χ4n) is 4.29. The second kappa shape index (κ2) is 8.23. The zero-order valence-electron chi connectivity index (χ0n) is 16.1. The molecule has 144 valence electrons. The normalized spacial score (nSPS) is 29.7. The number of rotatable bonds is 6. The van der Waals surface area contributed by atoms with Crippen LogP contribution in [0.25, 0.3) is 0 Å². The third kappa shape index (κ3) is 4.66. The summed E-state index contributed by atoms with van der Waals surface area (Å²) in [5.74, 6) is 0.816. The van der Waals surface area contributed by atoms with Crippen LogP contribution in [0.4, 0.5) is 4.79 Å². The number of nitrogens with one attached hydrogen (secondary N) is 1. The van der Waals surface area contributed by atoms with Gasteiger partial charge in [0.15, 0.2) is 0 Å². The first kappa shape index (κ1) is 18.9. The van der Waals surface area contributed by atoms with Gasteiger partial charge >= 0.3 is 6.03 Å². The van der Waals surface area contributed by atoms with Crippen LogP contribution in [0.3, 0.4) is 0 Å². The monoisotopic (exact) mass is 353 g/mol. The first-order valence-corrected chi connectivity index (χ1v) is 9.86. The molecular formula is C19H35N3O3. The molecule has 0 radical (unpaired) electrons. The summed E-state index contributed by atoms with van der Waals surface area (Å²) in [6, 6.07) is 0.903. The van der Waals surface area contributed by atoms with Gasteiger partial charge in [-0.1, -0.05) is 6.92 Å². The quantitative estimate of drug-likeness (QED) is 0.793. The van der Waals surface area contributed by atoms with Gasteiger partial charge in [0, 0.05) is 58.4 Å². The number of hydrogen-bond donors (Lipinski definition) is 1. The molecule has 0 aromatic carbocycles. The average molecular weight is 354 g/mol. The maximum Gasteiger partial charge on any atom is 0.320 e. The molecule has 6 heteroatoms. The average Bonchev–Trinajstić information content (AvgIpc) is 3.36. The molecule has 2 heterocycles. The third-order valence-electron chi connectivity index (χ3n) is 6.44. The van der Waals surface area contributed by atoms with Gasteiger partial charge in [-0.2, -0.15) is 0 Å². The molecule has 3 rings (SSSR count). The first-order valence-electron chi connectivity index (χ1n) is 9.86. The van der Waals surface area contributed by atoms with Crippen LogP contribution in [0.2, 0.25) is 0 Å². The van der Waals surface area contributed by atoms with Crippen LogP contribution in [-0.2, 0) is 9.47 Å². The molecular weight excluding hydrogens is 318 g/mol. The second-order valence-corrected chi connectivity index (χ2v) is 8.33. The van der Waals surface area contributed by atoms with E-state index in [-0.39, 0.29) is 11.4 Å². The van der Waals surface area contributed by atoms with E-state index in [2.05, 4.69) is 12.2 Å². The fraction of sp³-hybridized carbons (Fsp3) is 0.947. The summed E-state index contributed by atoms with van der Waals surface area (Å²) in [7, 11) is 3.55. The Labute approximate surface area is 152 Å². The molecule has 3 aliphatic rings. The maximum absolute atomic E-state index is 12.8. The van der Waals surface area contributed by atoms with E-state index in [0.717, 1.165) is 70.9 Å². The van der Waals surface area contributed by atoms with E-state index in [4.69, 9.17) is 9.47 Å². The summed E-state index contributed by atoms with van der Waals surface area (Å²) in [4.78, 5) is 16.8. The molecule has 2 amide bonds. The van der Waals surface area contributed by atoms with Crippen molar-refractivity contribution in [1.82, 2.24) is 15.1 Å². The maximum atomic E-state index is 12.8. The van der Waals surface area contributed by atoms with Gasteiger partial charge in [0.25, 0.3) is 0 Å². The summed E-state index contributed by atoms with van der Waals surface area (Å²) in [6.45, 7) is 7.41. The second-order valence-electron chi connectivity index (χ2n) is 8.33. The molecule has 0 bridgehead atoms. The van der Waals surface area contributed by atoms with Crippen LogP contribution in [-0.4, -0.2) is 81.5 Å².